The van der Waals surface area contributed by atoms with E-state index in [9.17, 15) is 14.0 Å². The molecule has 0 aliphatic carbocycles. The lowest BCUT2D eigenvalue weighted by molar-refractivity contribution is 0.0593. The lowest BCUT2D eigenvalue weighted by Crippen LogP contribution is -2.31. The molecule has 8 heteroatoms. The minimum atomic E-state index is -0.713. The third-order valence-electron chi connectivity index (χ3n) is 5.73. The Morgan fingerprint density at radius 2 is 1.91 bits per heavy atom. The standard InChI is InChI=1S/C26H28FNO6/c1-5-32-20-9-7-16(13-21(20)31-4)23-22-24(29)18-14-17(27)8-10-19(18)34-25(22)26(30)28(23)11-6-12-33-15(2)3/h7-10,13-15,23H,5-6,11-12H2,1-4H3. The van der Waals surface area contributed by atoms with Crippen molar-refractivity contribution >= 4 is 16.9 Å². The van der Waals surface area contributed by atoms with E-state index in [1.165, 1.54) is 19.2 Å². The van der Waals surface area contributed by atoms with Gasteiger partial charge in [0.15, 0.2) is 16.9 Å². The van der Waals surface area contributed by atoms with Gasteiger partial charge in [-0.05, 0) is 63.1 Å². The molecule has 1 aliphatic heterocycles. The van der Waals surface area contributed by atoms with E-state index in [2.05, 4.69) is 0 Å². The van der Waals surface area contributed by atoms with Crippen molar-refractivity contribution in [1.29, 1.82) is 0 Å². The van der Waals surface area contributed by atoms with Gasteiger partial charge >= 0.3 is 0 Å². The van der Waals surface area contributed by atoms with Crippen molar-refractivity contribution in [2.45, 2.75) is 39.3 Å². The van der Waals surface area contributed by atoms with Gasteiger partial charge in [-0.15, -0.1) is 0 Å². The van der Waals surface area contributed by atoms with Crippen LogP contribution in [0.3, 0.4) is 0 Å². The molecular formula is C26H28FNO6. The fraction of sp³-hybridized carbons (Fsp3) is 0.385. The highest BCUT2D eigenvalue weighted by atomic mass is 19.1. The molecule has 0 N–H and O–H groups in total. The number of ether oxygens (including phenoxy) is 3. The van der Waals surface area contributed by atoms with Crippen LogP contribution in [0.1, 0.15) is 54.9 Å². The number of rotatable bonds is 9. The molecule has 1 aromatic heterocycles. The van der Waals surface area contributed by atoms with Crippen LogP contribution in [-0.4, -0.2) is 43.8 Å². The van der Waals surface area contributed by atoms with Crippen molar-refractivity contribution < 1.29 is 27.8 Å². The maximum Gasteiger partial charge on any atom is 0.290 e. The molecule has 1 aliphatic rings. The SMILES string of the molecule is CCOc1ccc(C2c3c(oc4ccc(F)cc4c3=O)C(=O)N2CCCOC(C)C)cc1OC. The Kier molecular flexibility index (Phi) is 6.88. The first-order valence-corrected chi connectivity index (χ1v) is 11.3. The molecule has 0 fully saturated rings. The predicted molar refractivity (Wildman–Crippen MR) is 125 cm³/mol. The van der Waals surface area contributed by atoms with Crippen LogP contribution in [0.4, 0.5) is 4.39 Å². The number of halogens is 1. The van der Waals surface area contributed by atoms with Crippen molar-refractivity contribution in [3.05, 3.63) is 69.3 Å². The number of amides is 1. The molecule has 4 rings (SSSR count). The van der Waals surface area contributed by atoms with E-state index in [0.29, 0.717) is 43.2 Å². The Hall–Kier alpha value is -3.39. The van der Waals surface area contributed by atoms with Crippen molar-refractivity contribution in [3.63, 3.8) is 0 Å². The minimum Gasteiger partial charge on any atom is -0.493 e. The van der Waals surface area contributed by atoms with Crippen LogP contribution in [-0.2, 0) is 4.74 Å². The third kappa shape index (κ3) is 4.37. The van der Waals surface area contributed by atoms with Crippen LogP contribution in [0.25, 0.3) is 11.0 Å². The predicted octanol–water partition coefficient (Wildman–Crippen LogP) is 4.70. The lowest BCUT2D eigenvalue weighted by atomic mass is 9.98. The van der Waals surface area contributed by atoms with Crippen LogP contribution in [0, 0.1) is 5.82 Å². The van der Waals surface area contributed by atoms with Crippen LogP contribution < -0.4 is 14.9 Å². The number of benzene rings is 2. The van der Waals surface area contributed by atoms with Gasteiger partial charge in [-0.1, -0.05) is 6.07 Å². The Labute approximate surface area is 197 Å². The zero-order valence-electron chi connectivity index (χ0n) is 19.7. The Morgan fingerprint density at radius 3 is 2.62 bits per heavy atom. The number of nitrogens with zero attached hydrogens (tertiary/aromatic N) is 1. The van der Waals surface area contributed by atoms with Crippen LogP contribution in [0.2, 0.25) is 0 Å². The van der Waals surface area contributed by atoms with Crippen LogP contribution >= 0.6 is 0 Å². The van der Waals surface area contributed by atoms with Gasteiger partial charge < -0.3 is 23.5 Å². The second-order valence-corrected chi connectivity index (χ2v) is 8.33. The lowest BCUT2D eigenvalue weighted by Gasteiger charge is -2.26. The molecule has 3 aromatic rings. The van der Waals surface area contributed by atoms with Crippen molar-refractivity contribution in [1.82, 2.24) is 4.90 Å². The summed E-state index contributed by atoms with van der Waals surface area (Å²) in [5.41, 5.74) is 0.605. The molecule has 0 spiro atoms. The fourth-order valence-corrected chi connectivity index (χ4v) is 4.25. The molecule has 0 saturated heterocycles. The zero-order chi connectivity index (χ0) is 24.4. The van der Waals surface area contributed by atoms with E-state index in [-0.39, 0.29) is 34.3 Å². The van der Waals surface area contributed by atoms with Gasteiger partial charge in [0, 0.05) is 13.2 Å². The molecule has 1 unspecified atom stereocenters. The smallest absolute Gasteiger partial charge is 0.290 e. The van der Waals surface area contributed by atoms with Crippen LogP contribution in [0.15, 0.2) is 45.6 Å². The topological polar surface area (TPSA) is 78.2 Å². The van der Waals surface area contributed by atoms with Gasteiger partial charge in [0.25, 0.3) is 5.91 Å². The van der Waals surface area contributed by atoms with Gasteiger partial charge in [-0.2, -0.15) is 0 Å². The highest BCUT2D eigenvalue weighted by Gasteiger charge is 2.42. The summed E-state index contributed by atoms with van der Waals surface area (Å²) < 4.78 is 36.5. The highest BCUT2D eigenvalue weighted by molar-refractivity contribution is 5.99. The van der Waals surface area contributed by atoms with Gasteiger partial charge in [-0.3, -0.25) is 9.59 Å². The van der Waals surface area contributed by atoms with Crippen LogP contribution in [0.5, 0.6) is 11.5 Å². The first-order chi connectivity index (χ1) is 16.3. The summed E-state index contributed by atoms with van der Waals surface area (Å²) in [5, 5.41) is 0.0967. The first-order valence-electron chi connectivity index (χ1n) is 11.3. The summed E-state index contributed by atoms with van der Waals surface area (Å²) in [6, 6.07) is 8.30. The Balaban J connectivity index is 1.84. The minimum absolute atomic E-state index is 0.0215. The second kappa shape index (κ2) is 9.85. The van der Waals surface area contributed by atoms with E-state index in [0.717, 1.165) is 6.07 Å². The summed E-state index contributed by atoms with van der Waals surface area (Å²) in [5.74, 6) is 0.0841. The van der Waals surface area contributed by atoms with Gasteiger partial charge in [-0.25, -0.2) is 4.39 Å². The molecule has 34 heavy (non-hydrogen) atoms. The molecule has 1 amide bonds. The highest BCUT2D eigenvalue weighted by Crippen LogP contribution is 2.41. The van der Waals surface area contributed by atoms with Gasteiger partial charge in [0.05, 0.1) is 36.8 Å². The van der Waals surface area contributed by atoms with Gasteiger partial charge in [0.2, 0.25) is 5.76 Å². The monoisotopic (exact) mass is 469 g/mol. The Morgan fingerprint density at radius 1 is 1.12 bits per heavy atom. The third-order valence-corrected chi connectivity index (χ3v) is 5.73. The molecule has 2 aromatic carbocycles. The number of fused-ring (bicyclic) bond motifs is 2. The zero-order valence-corrected chi connectivity index (χ0v) is 19.7. The molecule has 0 bridgehead atoms. The quantitative estimate of drug-likeness (QED) is 0.423. The average Bonchev–Trinajstić information content (AvgIpc) is 3.09. The molecule has 0 saturated carbocycles. The molecule has 180 valence electrons. The molecule has 0 radical (unpaired) electrons. The Bertz CT molecular complexity index is 1270. The second-order valence-electron chi connectivity index (χ2n) is 8.33. The van der Waals surface area contributed by atoms with E-state index in [1.807, 2.05) is 20.8 Å². The molecule has 1 atom stereocenters. The number of methoxy groups -OCH3 is 1. The maximum atomic E-state index is 13.9. The van der Waals surface area contributed by atoms with Gasteiger partial charge in [0.1, 0.15) is 11.4 Å². The summed E-state index contributed by atoms with van der Waals surface area (Å²) in [6.45, 7) is 7.03. The van der Waals surface area contributed by atoms with E-state index in [1.54, 1.807) is 23.1 Å². The number of carbonyl (C=O) groups excluding carboxylic acids is 1. The first kappa shape index (κ1) is 23.8. The van der Waals surface area contributed by atoms with Crippen molar-refractivity contribution in [3.8, 4) is 11.5 Å². The fourth-order valence-electron chi connectivity index (χ4n) is 4.25. The summed E-state index contributed by atoms with van der Waals surface area (Å²) >= 11 is 0. The normalized spacial score (nSPS) is 15.3. The molecule has 7 nitrogen and oxygen atoms in total. The summed E-state index contributed by atoms with van der Waals surface area (Å²) in [6.07, 6.45) is 0.645. The van der Waals surface area contributed by atoms with Crippen molar-refractivity contribution in [2.24, 2.45) is 0 Å². The average molecular weight is 470 g/mol. The molecule has 2 heterocycles. The van der Waals surface area contributed by atoms with E-state index >= 15 is 0 Å². The summed E-state index contributed by atoms with van der Waals surface area (Å²) in [7, 11) is 1.53. The van der Waals surface area contributed by atoms with E-state index < -0.39 is 17.3 Å². The summed E-state index contributed by atoms with van der Waals surface area (Å²) in [4.78, 5) is 28.5. The van der Waals surface area contributed by atoms with Crippen molar-refractivity contribution in [2.75, 3.05) is 26.9 Å². The van der Waals surface area contributed by atoms with E-state index in [4.69, 9.17) is 18.6 Å². The number of carbonyl (C=O) groups is 1. The molecular weight excluding hydrogens is 441 g/mol. The number of hydrogen-bond donors (Lipinski definition) is 0. The maximum absolute atomic E-state index is 13.9. The number of hydrogen-bond acceptors (Lipinski definition) is 6. The largest absolute Gasteiger partial charge is 0.493 e.